The van der Waals surface area contributed by atoms with Crippen molar-refractivity contribution in [2.24, 2.45) is 0 Å². The molecule has 1 fully saturated rings. The molecular weight excluding hydrogens is 378 g/mol. The number of pyridine rings is 1. The van der Waals surface area contributed by atoms with Gasteiger partial charge in [0.2, 0.25) is 0 Å². The number of carbonyl (C=O) groups is 2. The first-order valence-corrected chi connectivity index (χ1v) is 9.89. The molecule has 4 rings (SSSR count). The van der Waals surface area contributed by atoms with Crippen LogP contribution in [0.1, 0.15) is 46.8 Å². The Bertz CT molecular complexity index is 1130. The van der Waals surface area contributed by atoms with Crippen LogP contribution < -0.4 is 5.56 Å². The molecular formula is C21H19NO5S. The number of carbonyl (C=O) groups excluding carboxylic acids is 1. The summed E-state index contributed by atoms with van der Waals surface area (Å²) in [6.07, 6.45) is 2.27. The van der Waals surface area contributed by atoms with Crippen molar-refractivity contribution in [3.63, 3.8) is 0 Å². The summed E-state index contributed by atoms with van der Waals surface area (Å²) in [7, 11) is 1.30. The predicted molar refractivity (Wildman–Crippen MR) is 106 cm³/mol. The smallest absolute Gasteiger partial charge is 0.356 e. The van der Waals surface area contributed by atoms with Crippen molar-refractivity contribution >= 4 is 28.1 Å². The average Bonchev–Trinajstić information content (AvgIpc) is 3.44. The second kappa shape index (κ2) is 7.24. The van der Waals surface area contributed by atoms with E-state index in [0.29, 0.717) is 17.2 Å². The van der Waals surface area contributed by atoms with Crippen LogP contribution in [-0.4, -0.2) is 28.6 Å². The number of rotatable bonds is 6. The first kappa shape index (κ1) is 18.4. The number of benzene rings is 1. The molecule has 0 amide bonds. The van der Waals surface area contributed by atoms with Gasteiger partial charge in [-0.25, -0.2) is 4.79 Å². The van der Waals surface area contributed by atoms with Crippen LogP contribution in [0.5, 0.6) is 0 Å². The van der Waals surface area contributed by atoms with Crippen LogP contribution >= 0.6 is 11.3 Å². The number of thiazole rings is 1. The van der Waals surface area contributed by atoms with Crippen molar-refractivity contribution < 1.29 is 19.4 Å². The standard InChI is InChI=1S/C21H19NO5S/c1-27-21(26)18-19(13-5-3-2-4-6-13)28-20-17(12-7-8-12)14(9-10-16(24)25)11-15(23)22(18)20/h2-6,11-12H,7-10H2,1H3,(H,24,25). The number of carboxylic acids is 1. The zero-order valence-electron chi connectivity index (χ0n) is 15.3. The predicted octanol–water partition coefficient (Wildman–Crippen LogP) is 3.71. The Morgan fingerprint density at radius 1 is 1.25 bits per heavy atom. The largest absolute Gasteiger partial charge is 0.481 e. The van der Waals surface area contributed by atoms with Crippen LogP contribution in [0.25, 0.3) is 15.3 Å². The number of nitrogens with zero attached hydrogens (tertiary/aromatic N) is 1. The van der Waals surface area contributed by atoms with Crippen molar-refractivity contribution in [1.82, 2.24) is 4.40 Å². The molecule has 0 unspecified atom stereocenters. The fourth-order valence-corrected chi connectivity index (χ4v) is 4.93. The third-order valence-electron chi connectivity index (χ3n) is 4.94. The van der Waals surface area contributed by atoms with Gasteiger partial charge in [0.25, 0.3) is 5.56 Å². The van der Waals surface area contributed by atoms with Crippen molar-refractivity contribution in [2.45, 2.75) is 31.6 Å². The number of aryl methyl sites for hydroxylation is 1. The molecule has 1 aliphatic rings. The monoisotopic (exact) mass is 397 g/mol. The van der Waals surface area contributed by atoms with Crippen molar-refractivity contribution in [3.05, 3.63) is 63.6 Å². The summed E-state index contributed by atoms with van der Waals surface area (Å²) < 4.78 is 6.42. The summed E-state index contributed by atoms with van der Waals surface area (Å²) in [6.45, 7) is 0. The lowest BCUT2D eigenvalue weighted by atomic mass is 10.0. The Morgan fingerprint density at radius 3 is 2.57 bits per heavy atom. The average molecular weight is 397 g/mol. The number of aliphatic carboxylic acids is 1. The van der Waals surface area contributed by atoms with E-state index < -0.39 is 11.9 Å². The first-order chi connectivity index (χ1) is 13.5. The summed E-state index contributed by atoms with van der Waals surface area (Å²) in [6, 6.07) is 10.9. The molecule has 0 aliphatic heterocycles. The van der Waals surface area contributed by atoms with Gasteiger partial charge in [-0.1, -0.05) is 30.3 Å². The van der Waals surface area contributed by atoms with Gasteiger partial charge in [0.1, 0.15) is 4.83 Å². The van der Waals surface area contributed by atoms with Gasteiger partial charge in [-0.05, 0) is 41.9 Å². The Balaban J connectivity index is 2.02. The number of esters is 1. The second-order valence-electron chi connectivity index (χ2n) is 6.87. The van der Waals surface area contributed by atoms with E-state index in [-0.39, 0.29) is 17.7 Å². The van der Waals surface area contributed by atoms with Crippen LogP contribution in [-0.2, 0) is 16.0 Å². The van der Waals surface area contributed by atoms with Crippen molar-refractivity contribution in [1.29, 1.82) is 0 Å². The van der Waals surface area contributed by atoms with E-state index in [1.807, 2.05) is 30.3 Å². The van der Waals surface area contributed by atoms with Gasteiger partial charge < -0.3 is 9.84 Å². The number of aromatic nitrogens is 1. The highest BCUT2D eigenvalue weighted by Crippen LogP contribution is 2.46. The second-order valence-corrected chi connectivity index (χ2v) is 7.87. The molecule has 7 heteroatoms. The third-order valence-corrected chi connectivity index (χ3v) is 6.17. The Morgan fingerprint density at radius 2 is 1.96 bits per heavy atom. The van der Waals surface area contributed by atoms with Crippen LogP contribution in [0, 0.1) is 0 Å². The maximum atomic E-state index is 12.9. The van der Waals surface area contributed by atoms with Crippen LogP contribution in [0.15, 0.2) is 41.2 Å². The van der Waals surface area contributed by atoms with Crippen LogP contribution in [0.2, 0.25) is 0 Å². The highest BCUT2D eigenvalue weighted by atomic mass is 32.1. The van der Waals surface area contributed by atoms with Gasteiger partial charge >= 0.3 is 11.9 Å². The SMILES string of the molecule is COC(=O)c1c(-c2ccccc2)sc2c(C3CC3)c(CCC(=O)O)cc(=O)n12. The molecule has 1 saturated carbocycles. The number of ether oxygens (including phenoxy) is 1. The molecule has 6 nitrogen and oxygen atoms in total. The molecule has 1 aliphatic carbocycles. The molecule has 0 bridgehead atoms. The topological polar surface area (TPSA) is 85.1 Å². The number of hydrogen-bond donors (Lipinski definition) is 1. The van der Waals surface area contributed by atoms with E-state index in [4.69, 9.17) is 9.84 Å². The first-order valence-electron chi connectivity index (χ1n) is 9.08. The number of carboxylic acid groups (broad SMARTS) is 1. The molecule has 3 aromatic rings. The number of fused-ring (bicyclic) bond motifs is 1. The summed E-state index contributed by atoms with van der Waals surface area (Å²) in [5, 5.41) is 9.06. The Hall–Kier alpha value is -2.93. The molecule has 2 aromatic heterocycles. The number of hydrogen-bond acceptors (Lipinski definition) is 5. The molecule has 1 aromatic carbocycles. The zero-order chi connectivity index (χ0) is 19.8. The van der Waals surface area contributed by atoms with E-state index in [1.54, 1.807) is 0 Å². The summed E-state index contributed by atoms with van der Waals surface area (Å²) in [5.41, 5.74) is 2.50. The molecule has 0 spiro atoms. The minimum atomic E-state index is -0.895. The number of methoxy groups -OCH3 is 1. The van der Waals surface area contributed by atoms with Crippen LogP contribution in [0.3, 0.4) is 0 Å². The molecule has 2 heterocycles. The molecule has 0 radical (unpaired) electrons. The quantitative estimate of drug-likeness (QED) is 0.641. The van der Waals surface area contributed by atoms with Crippen LogP contribution in [0.4, 0.5) is 0 Å². The fraction of sp³-hybridized carbons (Fsp3) is 0.286. The maximum Gasteiger partial charge on any atom is 0.356 e. The van der Waals surface area contributed by atoms with Gasteiger partial charge in [-0.3, -0.25) is 14.0 Å². The lowest BCUT2D eigenvalue weighted by Gasteiger charge is -2.10. The van der Waals surface area contributed by atoms with Crippen molar-refractivity contribution in [3.8, 4) is 10.4 Å². The zero-order valence-corrected chi connectivity index (χ0v) is 16.1. The lowest BCUT2D eigenvalue weighted by molar-refractivity contribution is -0.136. The van der Waals surface area contributed by atoms with E-state index in [2.05, 4.69) is 0 Å². The third kappa shape index (κ3) is 3.22. The minimum Gasteiger partial charge on any atom is -0.481 e. The minimum absolute atomic E-state index is 0.0316. The molecule has 144 valence electrons. The summed E-state index contributed by atoms with van der Waals surface area (Å²) >= 11 is 1.39. The molecule has 0 atom stereocenters. The Kier molecular flexibility index (Phi) is 4.77. The van der Waals surface area contributed by atoms with Crippen molar-refractivity contribution in [2.75, 3.05) is 7.11 Å². The van der Waals surface area contributed by atoms with E-state index >= 15 is 0 Å². The van der Waals surface area contributed by atoms with E-state index in [1.165, 1.54) is 28.9 Å². The Labute approximate surface area is 165 Å². The van der Waals surface area contributed by atoms with Gasteiger partial charge in [0.15, 0.2) is 5.69 Å². The molecule has 1 N–H and O–H groups in total. The van der Waals surface area contributed by atoms with Gasteiger partial charge in [0, 0.05) is 12.5 Å². The van der Waals surface area contributed by atoms with E-state index in [9.17, 15) is 14.4 Å². The summed E-state index contributed by atoms with van der Waals surface area (Å²) in [4.78, 5) is 38.0. The normalized spacial score (nSPS) is 13.6. The molecule has 0 saturated heterocycles. The highest BCUT2D eigenvalue weighted by Gasteiger charge is 2.32. The van der Waals surface area contributed by atoms with E-state index in [0.717, 1.165) is 34.4 Å². The van der Waals surface area contributed by atoms with Gasteiger partial charge in [0.05, 0.1) is 12.0 Å². The maximum absolute atomic E-state index is 12.9. The van der Waals surface area contributed by atoms with Gasteiger partial charge in [-0.2, -0.15) is 0 Å². The lowest BCUT2D eigenvalue weighted by Crippen LogP contribution is -2.20. The summed E-state index contributed by atoms with van der Waals surface area (Å²) in [5.74, 6) is -1.16. The fourth-order valence-electron chi connectivity index (χ4n) is 3.53. The highest BCUT2D eigenvalue weighted by molar-refractivity contribution is 7.21. The van der Waals surface area contributed by atoms with Gasteiger partial charge in [-0.15, -0.1) is 11.3 Å². The molecule has 28 heavy (non-hydrogen) atoms.